The summed E-state index contributed by atoms with van der Waals surface area (Å²) in [6.07, 6.45) is -0.0657. The van der Waals surface area contributed by atoms with Crippen molar-refractivity contribution in [3.63, 3.8) is 0 Å². The third kappa shape index (κ3) is 3.68. The third-order valence-electron chi connectivity index (χ3n) is 3.90. The van der Waals surface area contributed by atoms with Crippen molar-refractivity contribution in [2.24, 2.45) is 0 Å². The Morgan fingerprint density at radius 1 is 1.19 bits per heavy atom. The Balaban J connectivity index is 1.66. The number of anilines is 1. The molecule has 1 fully saturated rings. The molecule has 1 heterocycles. The van der Waals surface area contributed by atoms with E-state index in [9.17, 15) is 14.4 Å². The molecular formula is C18H16ClN3O4. The van der Waals surface area contributed by atoms with Crippen LogP contribution in [0.5, 0.6) is 5.75 Å². The van der Waals surface area contributed by atoms with Gasteiger partial charge in [-0.15, -0.1) is 0 Å². The first-order chi connectivity index (χ1) is 12.5. The predicted octanol–water partition coefficient (Wildman–Crippen LogP) is 1.92. The van der Waals surface area contributed by atoms with Gasteiger partial charge in [0, 0.05) is 10.6 Å². The number of hydrogen-bond donors (Lipinski definition) is 2. The van der Waals surface area contributed by atoms with E-state index in [4.69, 9.17) is 16.3 Å². The van der Waals surface area contributed by atoms with Crippen molar-refractivity contribution in [1.82, 2.24) is 10.9 Å². The van der Waals surface area contributed by atoms with Crippen LogP contribution in [0.15, 0.2) is 48.5 Å². The summed E-state index contributed by atoms with van der Waals surface area (Å²) in [5, 5.41) is 0.422. The maximum atomic E-state index is 12.5. The molecule has 0 unspecified atom stereocenters. The Bertz CT molecular complexity index is 871. The normalized spacial score (nSPS) is 16.7. The lowest BCUT2D eigenvalue weighted by molar-refractivity contribution is -0.121. The molecule has 1 aliphatic heterocycles. The fourth-order valence-corrected chi connectivity index (χ4v) is 2.80. The summed E-state index contributed by atoms with van der Waals surface area (Å²) in [5.41, 5.74) is 5.84. The average molecular weight is 374 g/mol. The van der Waals surface area contributed by atoms with Gasteiger partial charge in [0.15, 0.2) is 0 Å². The van der Waals surface area contributed by atoms with Crippen LogP contribution < -0.4 is 20.5 Å². The van der Waals surface area contributed by atoms with Crippen molar-refractivity contribution < 1.29 is 19.1 Å². The topological polar surface area (TPSA) is 87.7 Å². The summed E-state index contributed by atoms with van der Waals surface area (Å²) in [5.74, 6) is -0.726. The number of nitrogens with zero attached hydrogens (tertiary/aromatic N) is 1. The van der Waals surface area contributed by atoms with Gasteiger partial charge >= 0.3 is 0 Å². The first-order valence-electron chi connectivity index (χ1n) is 7.82. The first kappa shape index (κ1) is 17.9. The number of hydrazine groups is 1. The monoisotopic (exact) mass is 373 g/mol. The van der Waals surface area contributed by atoms with Gasteiger partial charge in [0.2, 0.25) is 5.91 Å². The second kappa shape index (κ2) is 7.55. The molecule has 134 valence electrons. The summed E-state index contributed by atoms with van der Waals surface area (Å²) >= 11 is 5.92. The van der Waals surface area contributed by atoms with E-state index in [1.54, 1.807) is 42.5 Å². The van der Waals surface area contributed by atoms with Crippen molar-refractivity contribution in [3.05, 3.63) is 59.1 Å². The highest BCUT2D eigenvalue weighted by atomic mass is 35.5. The Morgan fingerprint density at radius 3 is 2.69 bits per heavy atom. The number of nitrogens with one attached hydrogen (secondary N) is 2. The summed E-state index contributed by atoms with van der Waals surface area (Å²) in [4.78, 5) is 38.0. The zero-order valence-electron chi connectivity index (χ0n) is 13.9. The Kier molecular flexibility index (Phi) is 5.20. The fourth-order valence-electron chi connectivity index (χ4n) is 2.62. The SMILES string of the molecule is COc1cccc(C(=O)NN[C@H]2CC(=O)N(c3cccc(Cl)c3)C2=O)c1. The zero-order valence-corrected chi connectivity index (χ0v) is 14.6. The van der Waals surface area contributed by atoms with Gasteiger partial charge in [-0.2, -0.15) is 0 Å². The molecule has 26 heavy (non-hydrogen) atoms. The largest absolute Gasteiger partial charge is 0.497 e. The van der Waals surface area contributed by atoms with Gasteiger partial charge in [-0.1, -0.05) is 23.7 Å². The second-order valence-corrected chi connectivity index (χ2v) is 6.07. The molecule has 7 nitrogen and oxygen atoms in total. The molecule has 2 aromatic rings. The molecule has 0 aliphatic carbocycles. The van der Waals surface area contributed by atoms with Gasteiger partial charge in [-0.05, 0) is 36.4 Å². The molecule has 3 amide bonds. The van der Waals surface area contributed by atoms with E-state index >= 15 is 0 Å². The number of carbonyl (C=O) groups excluding carboxylic acids is 3. The lowest BCUT2D eigenvalue weighted by Gasteiger charge is -2.16. The smallest absolute Gasteiger partial charge is 0.265 e. The van der Waals surface area contributed by atoms with Crippen LogP contribution in [0.3, 0.4) is 0 Å². The van der Waals surface area contributed by atoms with E-state index in [0.717, 1.165) is 4.90 Å². The van der Waals surface area contributed by atoms with Gasteiger partial charge in [-0.3, -0.25) is 19.8 Å². The number of benzene rings is 2. The van der Waals surface area contributed by atoms with E-state index in [-0.39, 0.29) is 12.3 Å². The van der Waals surface area contributed by atoms with Crippen LogP contribution in [0.2, 0.25) is 5.02 Å². The lowest BCUT2D eigenvalue weighted by atomic mass is 10.2. The zero-order chi connectivity index (χ0) is 18.7. The van der Waals surface area contributed by atoms with Crippen molar-refractivity contribution in [3.8, 4) is 5.75 Å². The number of rotatable bonds is 5. The molecule has 2 N–H and O–H groups in total. The van der Waals surface area contributed by atoms with E-state index in [1.807, 2.05) is 0 Å². The molecule has 0 saturated carbocycles. The summed E-state index contributed by atoms with van der Waals surface area (Å²) < 4.78 is 5.07. The molecule has 1 saturated heterocycles. The number of carbonyl (C=O) groups is 3. The van der Waals surface area contributed by atoms with Gasteiger partial charge in [0.05, 0.1) is 19.2 Å². The van der Waals surface area contributed by atoms with Crippen LogP contribution >= 0.6 is 11.6 Å². The molecule has 0 radical (unpaired) electrons. The van der Waals surface area contributed by atoms with Crippen LogP contribution in [0.25, 0.3) is 0 Å². The minimum Gasteiger partial charge on any atom is -0.497 e. The van der Waals surface area contributed by atoms with Crippen molar-refractivity contribution in [2.45, 2.75) is 12.5 Å². The molecule has 1 aliphatic rings. The average Bonchev–Trinajstić information content (AvgIpc) is 2.93. The highest BCUT2D eigenvalue weighted by molar-refractivity contribution is 6.31. The van der Waals surface area contributed by atoms with Gasteiger partial charge in [-0.25, -0.2) is 10.3 Å². The second-order valence-electron chi connectivity index (χ2n) is 5.63. The highest BCUT2D eigenvalue weighted by Gasteiger charge is 2.39. The molecule has 0 bridgehead atoms. The maximum absolute atomic E-state index is 12.5. The van der Waals surface area contributed by atoms with Crippen LogP contribution in [0, 0.1) is 0 Å². The molecule has 0 spiro atoms. The Hall–Kier alpha value is -2.90. The first-order valence-corrected chi connectivity index (χ1v) is 8.19. The minimum absolute atomic E-state index is 0.0657. The number of amides is 3. The van der Waals surface area contributed by atoms with Crippen LogP contribution in [-0.4, -0.2) is 30.9 Å². The molecule has 3 rings (SSSR count). The van der Waals surface area contributed by atoms with E-state index < -0.39 is 17.9 Å². The van der Waals surface area contributed by atoms with Crippen molar-refractivity contribution in [2.75, 3.05) is 12.0 Å². The summed E-state index contributed by atoms with van der Waals surface area (Å²) in [7, 11) is 1.50. The van der Waals surface area contributed by atoms with Crippen LogP contribution in [0.1, 0.15) is 16.8 Å². The van der Waals surface area contributed by atoms with Gasteiger partial charge < -0.3 is 4.74 Å². The Labute approximate surface area is 154 Å². The van der Waals surface area contributed by atoms with E-state index in [1.165, 1.54) is 13.2 Å². The summed E-state index contributed by atoms with van der Waals surface area (Å²) in [6.45, 7) is 0. The quantitative estimate of drug-likeness (QED) is 0.617. The predicted molar refractivity (Wildman–Crippen MR) is 95.9 cm³/mol. The number of methoxy groups -OCH3 is 1. The van der Waals surface area contributed by atoms with E-state index in [2.05, 4.69) is 10.9 Å². The molecule has 1 atom stereocenters. The number of halogens is 1. The highest BCUT2D eigenvalue weighted by Crippen LogP contribution is 2.25. The lowest BCUT2D eigenvalue weighted by Crippen LogP contribution is -2.48. The third-order valence-corrected chi connectivity index (χ3v) is 4.14. The molecule has 8 heteroatoms. The van der Waals surface area contributed by atoms with E-state index in [0.29, 0.717) is 22.0 Å². The molecule has 2 aromatic carbocycles. The van der Waals surface area contributed by atoms with Crippen LogP contribution in [0.4, 0.5) is 5.69 Å². The standard InChI is InChI=1S/C18H16ClN3O4/c1-26-14-7-2-4-11(8-14)17(24)21-20-15-10-16(23)22(18(15)25)13-6-3-5-12(19)9-13/h2-9,15,20H,10H2,1H3,(H,21,24)/t15-/m0/s1. The molecular weight excluding hydrogens is 358 g/mol. The van der Waals surface area contributed by atoms with Gasteiger partial charge in [0.1, 0.15) is 11.8 Å². The molecule has 0 aromatic heterocycles. The minimum atomic E-state index is -0.851. The maximum Gasteiger partial charge on any atom is 0.265 e. The summed E-state index contributed by atoms with van der Waals surface area (Å²) in [6, 6.07) is 12.2. The number of ether oxygens (including phenoxy) is 1. The van der Waals surface area contributed by atoms with Crippen LogP contribution in [-0.2, 0) is 9.59 Å². The fraction of sp³-hybridized carbons (Fsp3) is 0.167. The van der Waals surface area contributed by atoms with Crippen molar-refractivity contribution >= 4 is 35.0 Å². The number of imide groups is 1. The Morgan fingerprint density at radius 2 is 1.96 bits per heavy atom. The van der Waals surface area contributed by atoms with Gasteiger partial charge in [0.25, 0.3) is 11.8 Å². The van der Waals surface area contributed by atoms with Crippen molar-refractivity contribution in [1.29, 1.82) is 0 Å². The number of hydrogen-bond acceptors (Lipinski definition) is 5.